The number of nitrogens with zero attached hydrogens (tertiary/aromatic N) is 1. The van der Waals surface area contributed by atoms with Gasteiger partial charge in [-0.1, -0.05) is 12.1 Å². The van der Waals surface area contributed by atoms with Gasteiger partial charge in [0.05, 0.1) is 28.9 Å². The van der Waals surface area contributed by atoms with Crippen LogP contribution >= 0.6 is 11.8 Å². The summed E-state index contributed by atoms with van der Waals surface area (Å²) in [5.41, 5.74) is -0.182. The van der Waals surface area contributed by atoms with E-state index in [2.05, 4.69) is 10.6 Å². The third-order valence-corrected chi connectivity index (χ3v) is 5.07. The van der Waals surface area contributed by atoms with Crippen LogP contribution in [0.3, 0.4) is 0 Å². The van der Waals surface area contributed by atoms with Gasteiger partial charge < -0.3 is 20.1 Å². The standard InChI is InChI=1S/C22H25N3O7S/c1-4-31-15-9-10-17(18(11-15)25(29)30)24-20(26)12-32-22(28)16-7-5-6-8-19(16)33-13-21(27)23-14(2)3/h5-11,14H,4,12-13H2,1-3H3,(H,23,27)(H,24,26). The van der Waals surface area contributed by atoms with Crippen molar-refractivity contribution in [2.45, 2.75) is 31.7 Å². The molecule has 10 nitrogen and oxygen atoms in total. The predicted molar refractivity (Wildman–Crippen MR) is 124 cm³/mol. The highest BCUT2D eigenvalue weighted by molar-refractivity contribution is 8.00. The Hall–Kier alpha value is -3.60. The minimum atomic E-state index is -0.751. The van der Waals surface area contributed by atoms with Gasteiger partial charge in [-0.2, -0.15) is 0 Å². The molecule has 2 aromatic rings. The maximum absolute atomic E-state index is 12.5. The summed E-state index contributed by atoms with van der Waals surface area (Å²) in [5.74, 6) is -1.25. The minimum absolute atomic E-state index is 0.00280. The molecule has 2 N–H and O–H groups in total. The van der Waals surface area contributed by atoms with Crippen molar-refractivity contribution in [1.29, 1.82) is 0 Å². The molecule has 11 heteroatoms. The van der Waals surface area contributed by atoms with Crippen LogP contribution in [0.25, 0.3) is 0 Å². The number of ether oxygens (including phenoxy) is 2. The number of esters is 1. The second kappa shape index (κ2) is 12.4. The van der Waals surface area contributed by atoms with Crippen LogP contribution in [0.15, 0.2) is 47.4 Å². The van der Waals surface area contributed by atoms with Gasteiger partial charge in [0.25, 0.3) is 11.6 Å². The SMILES string of the molecule is CCOc1ccc(NC(=O)COC(=O)c2ccccc2SCC(=O)NC(C)C)c([N+](=O)[O-])c1. The zero-order chi connectivity index (χ0) is 24.4. The molecule has 0 heterocycles. The second-order valence-electron chi connectivity index (χ2n) is 7.00. The third kappa shape index (κ3) is 8.11. The largest absolute Gasteiger partial charge is 0.494 e. The Balaban J connectivity index is 1.99. The number of nitro benzene ring substituents is 1. The van der Waals surface area contributed by atoms with Gasteiger partial charge >= 0.3 is 5.97 Å². The molecule has 33 heavy (non-hydrogen) atoms. The molecule has 0 aliphatic carbocycles. The van der Waals surface area contributed by atoms with Gasteiger partial charge in [0.1, 0.15) is 11.4 Å². The second-order valence-corrected chi connectivity index (χ2v) is 8.02. The molecular formula is C22H25N3O7S. The zero-order valence-electron chi connectivity index (χ0n) is 18.5. The van der Waals surface area contributed by atoms with Crippen LogP contribution < -0.4 is 15.4 Å². The zero-order valence-corrected chi connectivity index (χ0v) is 19.3. The number of hydrogen-bond donors (Lipinski definition) is 2. The molecule has 0 unspecified atom stereocenters. The molecule has 176 valence electrons. The summed E-state index contributed by atoms with van der Waals surface area (Å²) in [5, 5.41) is 16.4. The lowest BCUT2D eigenvalue weighted by Gasteiger charge is -2.11. The van der Waals surface area contributed by atoms with Gasteiger partial charge in [-0.25, -0.2) is 4.79 Å². The van der Waals surface area contributed by atoms with Crippen molar-refractivity contribution >= 4 is 40.9 Å². The topological polar surface area (TPSA) is 137 Å². The first-order valence-corrected chi connectivity index (χ1v) is 11.1. The summed E-state index contributed by atoms with van der Waals surface area (Å²) in [7, 11) is 0. The number of carbonyl (C=O) groups excluding carboxylic acids is 3. The monoisotopic (exact) mass is 475 g/mol. The van der Waals surface area contributed by atoms with Gasteiger partial charge in [0.15, 0.2) is 6.61 Å². The van der Waals surface area contributed by atoms with Crippen LogP contribution in [0.4, 0.5) is 11.4 Å². The number of thioether (sulfide) groups is 1. The van der Waals surface area contributed by atoms with Crippen LogP contribution in [0.2, 0.25) is 0 Å². The maximum atomic E-state index is 12.5. The molecule has 0 saturated heterocycles. The van der Waals surface area contributed by atoms with Crippen molar-refractivity contribution in [1.82, 2.24) is 5.32 Å². The third-order valence-electron chi connectivity index (χ3n) is 4.00. The highest BCUT2D eigenvalue weighted by Gasteiger charge is 2.19. The Morgan fingerprint density at radius 1 is 1.12 bits per heavy atom. The molecule has 0 spiro atoms. The first-order chi connectivity index (χ1) is 15.7. The molecule has 0 fully saturated rings. The van der Waals surface area contributed by atoms with Gasteiger partial charge in [0, 0.05) is 10.9 Å². The summed E-state index contributed by atoms with van der Waals surface area (Å²) < 4.78 is 10.3. The Morgan fingerprint density at radius 3 is 2.52 bits per heavy atom. The van der Waals surface area contributed by atoms with Crippen molar-refractivity contribution in [3.8, 4) is 5.75 Å². The van der Waals surface area contributed by atoms with Crippen LogP contribution in [0, 0.1) is 10.1 Å². The number of amides is 2. The summed E-state index contributed by atoms with van der Waals surface area (Å²) in [6.45, 7) is 5.13. The Kier molecular flexibility index (Phi) is 9.67. The first kappa shape index (κ1) is 25.7. The van der Waals surface area contributed by atoms with Crippen molar-refractivity contribution in [3.63, 3.8) is 0 Å². The fourth-order valence-corrected chi connectivity index (χ4v) is 3.54. The van der Waals surface area contributed by atoms with Crippen LogP contribution in [0.5, 0.6) is 5.75 Å². The van der Waals surface area contributed by atoms with Crippen molar-refractivity contribution in [2.75, 3.05) is 24.3 Å². The fraction of sp³-hybridized carbons (Fsp3) is 0.318. The predicted octanol–water partition coefficient (Wildman–Crippen LogP) is 3.41. The van der Waals surface area contributed by atoms with Crippen molar-refractivity contribution in [2.24, 2.45) is 0 Å². The number of nitrogens with one attached hydrogen (secondary N) is 2. The quantitative estimate of drug-likeness (QED) is 0.218. The van der Waals surface area contributed by atoms with E-state index < -0.39 is 23.4 Å². The highest BCUT2D eigenvalue weighted by atomic mass is 32.2. The highest BCUT2D eigenvalue weighted by Crippen LogP contribution is 2.29. The Bertz CT molecular complexity index is 1030. The van der Waals surface area contributed by atoms with Crippen LogP contribution in [0.1, 0.15) is 31.1 Å². The number of hydrogen-bond acceptors (Lipinski definition) is 8. The van der Waals surface area contributed by atoms with Gasteiger partial charge in [-0.3, -0.25) is 19.7 Å². The van der Waals surface area contributed by atoms with Crippen LogP contribution in [-0.2, 0) is 14.3 Å². The average Bonchev–Trinajstić information content (AvgIpc) is 2.77. The molecule has 0 radical (unpaired) electrons. The molecule has 0 aliphatic heterocycles. The van der Waals surface area contributed by atoms with Crippen LogP contribution in [-0.4, -0.2) is 47.7 Å². The molecule has 0 aromatic heterocycles. The van der Waals surface area contributed by atoms with E-state index in [4.69, 9.17) is 9.47 Å². The number of nitro groups is 1. The molecule has 0 saturated carbocycles. The first-order valence-electron chi connectivity index (χ1n) is 10.1. The number of rotatable bonds is 11. The molecule has 2 rings (SSSR count). The van der Waals surface area contributed by atoms with Gasteiger partial charge in [0.2, 0.25) is 5.91 Å². The summed E-state index contributed by atoms with van der Waals surface area (Å²) in [4.78, 5) is 47.8. The molecular weight excluding hydrogens is 450 g/mol. The van der Waals surface area contributed by atoms with E-state index in [0.29, 0.717) is 17.3 Å². The summed E-state index contributed by atoms with van der Waals surface area (Å²) in [6.07, 6.45) is 0. The van der Waals surface area contributed by atoms with E-state index in [0.717, 1.165) is 0 Å². The number of anilines is 1. The van der Waals surface area contributed by atoms with E-state index >= 15 is 0 Å². The molecule has 0 bridgehead atoms. The molecule has 2 aromatic carbocycles. The molecule has 0 atom stereocenters. The van der Waals surface area contributed by atoms with E-state index in [1.54, 1.807) is 25.1 Å². The van der Waals surface area contributed by atoms with E-state index in [1.807, 2.05) is 13.8 Å². The lowest BCUT2D eigenvalue weighted by molar-refractivity contribution is -0.384. The lowest BCUT2D eigenvalue weighted by Crippen LogP contribution is -2.31. The van der Waals surface area contributed by atoms with Gasteiger partial charge in [-0.15, -0.1) is 11.8 Å². The van der Waals surface area contributed by atoms with E-state index in [-0.39, 0.29) is 34.6 Å². The smallest absolute Gasteiger partial charge is 0.339 e. The van der Waals surface area contributed by atoms with Crippen molar-refractivity contribution < 1.29 is 28.8 Å². The summed E-state index contributed by atoms with van der Waals surface area (Å²) in [6, 6.07) is 10.6. The minimum Gasteiger partial charge on any atom is -0.494 e. The summed E-state index contributed by atoms with van der Waals surface area (Å²) >= 11 is 1.17. The molecule has 0 aliphatic rings. The van der Waals surface area contributed by atoms with E-state index in [1.165, 1.54) is 36.0 Å². The normalized spacial score (nSPS) is 10.4. The Labute approximate surface area is 195 Å². The number of benzene rings is 2. The lowest BCUT2D eigenvalue weighted by atomic mass is 10.2. The fourth-order valence-electron chi connectivity index (χ4n) is 2.69. The Morgan fingerprint density at radius 2 is 1.85 bits per heavy atom. The maximum Gasteiger partial charge on any atom is 0.339 e. The number of carbonyl (C=O) groups is 3. The molecule has 2 amide bonds. The van der Waals surface area contributed by atoms with Gasteiger partial charge in [-0.05, 0) is 45.0 Å². The average molecular weight is 476 g/mol. The van der Waals surface area contributed by atoms with E-state index in [9.17, 15) is 24.5 Å². The van der Waals surface area contributed by atoms with Crippen molar-refractivity contribution in [3.05, 3.63) is 58.1 Å².